The zero-order valence-electron chi connectivity index (χ0n) is 15.6. The molecule has 1 saturated heterocycles. The van der Waals surface area contributed by atoms with Crippen molar-refractivity contribution < 1.29 is 4.79 Å². The second-order valence-electron chi connectivity index (χ2n) is 8.00. The third kappa shape index (κ3) is 2.47. The summed E-state index contributed by atoms with van der Waals surface area (Å²) in [5.41, 5.74) is 3.62. The Morgan fingerprint density at radius 3 is 2.42 bits per heavy atom. The maximum atomic E-state index is 12.8. The van der Waals surface area contributed by atoms with Gasteiger partial charge in [-0.2, -0.15) is 10.4 Å². The molecule has 2 heterocycles. The number of carbonyl (C=O) groups excluding carboxylic acids is 1. The number of hydrogen-bond acceptors (Lipinski definition) is 3. The fourth-order valence-electron chi connectivity index (χ4n) is 4.09. The minimum Gasteiger partial charge on any atom is -0.324 e. The van der Waals surface area contributed by atoms with Crippen LogP contribution in [0.2, 0.25) is 0 Å². The molecule has 1 aliphatic carbocycles. The van der Waals surface area contributed by atoms with Gasteiger partial charge in [-0.25, -0.2) is 9.48 Å². The summed E-state index contributed by atoms with van der Waals surface area (Å²) in [7, 11) is 0. The number of piperidine rings is 1. The number of aryl methyl sites for hydroxylation is 1. The number of amides is 2. The Morgan fingerprint density at radius 1 is 1.23 bits per heavy atom. The SMILES string of the molecule is Cc1nn(-c2ccc(C#N)cc2)c(NC(=O)N2C[C@@H]3[C@H](C2)C3(C)C)c1C. The van der Waals surface area contributed by atoms with Gasteiger partial charge in [0.05, 0.1) is 23.0 Å². The molecule has 2 aromatic rings. The van der Waals surface area contributed by atoms with E-state index >= 15 is 0 Å². The molecule has 2 aliphatic rings. The van der Waals surface area contributed by atoms with Crippen LogP contribution in [0, 0.1) is 42.4 Å². The van der Waals surface area contributed by atoms with Gasteiger partial charge in [0.1, 0.15) is 5.82 Å². The van der Waals surface area contributed by atoms with Gasteiger partial charge in [0.2, 0.25) is 0 Å². The van der Waals surface area contributed by atoms with Crippen molar-refractivity contribution >= 4 is 11.8 Å². The van der Waals surface area contributed by atoms with Crippen LogP contribution in [0.1, 0.15) is 30.7 Å². The first-order chi connectivity index (χ1) is 12.3. The smallest absolute Gasteiger partial charge is 0.323 e. The number of benzene rings is 1. The second-order valence-corrected chi connectivity index (χ2v) is 8.00. The van der Waals surface area contributed by atoms with E-state index in [1.807, 2.05) is 30.9 Å². The Kier molecular flexibility index (Phi) is 3.58. The molecule has 1 saturated carbocycles. The van der Waals surface area contributed by atoms with Gasteiger partial charge in [0.15, 0.2) is 0 Å². The van der Waals surface area contributed by atoms with Crippen LogP contribution in [0.3, 0.4) is 0 Å². The number of anilines is 1. The number of nitrogens with one attached hydrogen (secondary N) is 1. The zero-order chi connectivity index (χ0) is 18.6. The molecule has 0 unspecified atom stereocenters. The van der Waals surface area contributed by atoms with Gasteiger partial charge >= 0.3 is 6.03 Å². The van der Waals surface area contributed by atoms with Gasteiger partial charge < -0.3 is 4.90 Å². The number of likely N-dealkylation sites (tertiary alicyclic amines) is 1. The molecule has 0 bridgehead atoms. The molecule has 6 heteroatoms. The molecule has 2 atom stereocenters. The Labute approximate surface area is 153 Å². The molecular weight excluding hydrogens is 326 g/mol. The number of fused-ring (bicyclic) bond motifs is 1. The molecule has 134 valence electrons. The van der Waals surface area contributed by atoms with Crippen molar-refractivity contribution in [3.8, 4) is 11.8 Å². The average molecular weight is 349 g/mol. The van der Waals surface area contributed by atoms with Crippen LogP contribution in [-0.2, 0) is 0 Å². The van der Waals surface area contributed by atoms with Crippen molar-refractivity contribution in [1.82, 2.24) is 14.7 Å². The van der Waals surface area contributed by atoms with E-state index in [1.54, 1.807) is 16.8 Å². The molecule has 2 fully saturated rings. The van der Waals surface area contributed by atoms with Crippen molar-refractivity contribution in [3.63, 3.8) is 0 Å². The van der Waals surface area contributed by atoms with Crippen molar-refractivity contribution in [2.75, 3.05) is 18.4 Å². The monoisotopic (exact) mass is 349 g/mol. The summed E-state index contributed by atoms with van der Waals surface area (Å²) in [6.45, 7) is 10.1. The lowest BCUT2D eigenvalue weighted by atomic mass is 10.1. The van der Waals surface area contributed by atoms with Crippen LogP contribution >= 0.6 is 0 Å². The summed E-state index contributed by atoms with van der Waals surface area (Å²) in [5, 5.41) is 16.6. The second kappa shape index (κ2) is 5.60. The van der Waals surface area contributed by atoms with E-state index in [1.165, 1.54) is 0 Å². The van der Waals surface area contributed by atoms with Crippen LogP contribution in [0.5, 0.6) is 0 Å². The van der Waals surface area contributed by atoms with Crippen molar-refractivity contribution in [2.45, 2.75) is 27.7 Å². The number of hydrogen-bond donors (Lipinski definition) is 1. The first-order valence-corrected chi connectivity index (χ1v) is 8.95. The lowest BCUT2D eigenvalue weighted by molar-refractivity contribution is 0.209. The number of carbonyl (C=O) groups is 1. The molecule has 1 aliphatic heterocycles. The normalized spacial score (nSPS) is 22.7. The van der Waals surface area contributed by atoms with E-state index in [4.69, 9.17) is 5.26 Å². The van der Waals surface area contributed by atoms with Gasteiger partial charge in [-0.1, -0.05) is 13.8 Å². The van der Waals surface area contributed by atoms with E-state index in [0.29, 0.717) is 28.6 Å². The first-order valence-electron chi connectivity index (χ1n) is 8.95. The number of aromatic nitrogens is 2. The average Bonchev–Trinajstić information content (AvgIpc) is 3.00. The molecule has 26 heavy (non-hydrogen) atoms. The highest BCUT2D eigenvalue weighted by Crippen LogP contribution is 2.61. The van der Waals surface area contributed by atoms with Crippen LogP contribution in [-0.4, -0.2) is 33.8 Å². The van der Waals surface area contributed by atoms with E-state index < -0.39 is 0 Å². The molecular formula is C20H23N5O. The summed E-state index contributed by atoms with van der Waals surface area (Å²) in [5.74, 6) is 1.94. The third-order valence-corrected chi connectivity index (χ3v) is 6.24. The summed E-state index contributed by atoms with van der Waals surface area (Å²) < 4.78 is 1.74. The largest absolute Gasteiger partial charge is 0.324 e. The first kappa shape index (κ1) is 16.6. The van der Waals surface area contributed by atoms with Gasteiger partial charge in [-0.3, -0.25) is 5.32 Å². The van der Waals surface area contributed by atoms with Crippen LogP contribution < -0.4 is 5.32 Å². The molecule has 0 spiro atoms. The van der Waals surface area contributed by atoms with E-state index in [0.717, 1.165) is 30.0 Å². The Balaban J connectivity index is 1.57. The molecule has 1 N–H and O–H groups in total. The molecule has 4 rings (SSSR count). The zero-order valence-corrected chi connectivity index (χ0v) is 15.6. The standard InChI is InChI=1S/C20H23N5O/c1-12-13(2)23-25(15-7-5-14(9-21)6-8-15)18(12)22-19(26)24-10-16-17(11-24)20(16,3)4/h5-8,16-17H,10-11H2,1-4H3,(H,22,26)/t16-,17+. The number of nitrogens with zero attached hydrogens (tertiary/aromatic N) is 4. The molecule has 1 aromatic heterocycles. The lowest BCUT2D eigenvalue weighted by Crippen LogP contribution is -2.36. The predicted molar refractivity (Wildman–Crippen MR) is 99.1 cm³/mol. The molecule has 0 radical (unpaired) electrons. The van der Waals surface area contributed by atoms with Gasteiger partial charge in [-0.15, -0.1) is 0 Å². The van der Waals surface area contributed by atoms with Crippen LogP contribution in [0.15, 0.2) is 24.3 Å². The minimum absolute atomic E-state index is 0.0640. The fraction of sp³-hybridized carbons (Fsp3) is 0.450. The molecule has 6 nitrogen and oxygen atoms in total. The van der Waals surface area contributed by atoms with Crippen molar-refractivity contribution in [1.29, 1.82) is 5.26 Å². The van der Waals surface area contributed by atoms with E-state index in [2.05, 4.69) is 30.3 Å². The number of rotatable bonds is 2. The van der Waals surface area contributed by atoms with E-state index in [9.17, 15) is 4.79 Å². The maximum absolute atomic E-state index is 12.8. The predicted octanol–water partition coefficient (Wildman–Crippen LogP) is 3.48. The van der Waals surface area contributed by atoms with Gasteiger partial charge in [0, 0.05) is 18.7 Å². The summed E-state index contributed by atoms with van der Waals surface area (Å²) in [4.78, 5) is 14.7. The maximum Gasteiger partial charge on any atom is 0.323 e. The summed E-state index contributed by atoms with van der Waals surface area (Å²) in [6, 6.07) is 9.24. The quantitative estimate of drug-likeness (QED) is 0.902. The topological polar surface area (TPSA) is 74.0 Å². The van der Waals surface area contributed by atoms with E-state index in [-0.39, 0.29) is 6.03 Å². The third-order valence-electron chi connectivity index (χ3n) is 6.24. The highest BCUT2D eigenvalue weighted by atomic mass is 16.2. The molecule has 1 aromatic carbocycles. The van der Waals surface area contributed by atoms with Crippen molar-refractivity contribution in [3.05, 3.63) is 41.1 Å². The van der Waals surface area contributed by atoms with Crippen molar-refractivity contribution in [2.24, 2.45) is 17.3 Å². The Morgan fingerprint density at radius 2 is 1.85 bits per heavy atom. The highest BCUT2D eigenvalue weighted by Gasteiger charge is 2.62. The van der Waals surface area contributed by atoms with Crippen LogP contribution in [0.4, 0.5) is 10.6 Å². The highest BCUT2D eigenvalue weighted by molar-refractivity contribution is 5.90. The molecule has 2 amide bonds. The Bertz CT molecular complexity index is 905. The summed E-state index contributed by atoms with van der Waals surface area (Å²) >= 11 is 0. The lowest BCUT2D eigenvalue weighted by Gasteiger charge is -2.23. The fourth-order valence-corrected chi connectivity index (χ4v) is 4.09. The van der Waals surface area contributed by atoms with Gasteiger partial charge in [0.25, 0.3) is 0 Å². The summed E-state index contributed by atoms with van der Waals surface area (Å²) in [6.07, 6.45) is 0. The minimum atomic E-state index is -0.0640. The van der Waals surface area contributed by atoms with Crippen LogP contribution in [0.25, 0.3) is 5.69 Å². The number of urea groups is 1. The van der Waals surface area contributed by atoms with Gasteiger partial charge in [-0.05, 0) is 55.4 Å². The number of nitriles is 1. The Hall–Kier alpha value is -2.81.